The highest BCUT2D eigenvalue weighted by atomic mass is 32.2. The van der Waals surface area contributed by atoms with Crippen molar-refractivity contribution in [2.75, 3.05) is 11.3 Å². The van der Waals surface area contributed by atoms with Crippen molar-refractivity contribution in [3.63, 3.8) is 0 Å². The summed E-state index contributed by atoms with van der Waals surface area (Å²) in [7, 11) is -5.54. The Hall–Kier alpha value is -1.84. The first-order valence-electron chi connectivity index (χ1n) is 6.51. The zero-order valence-electron chi connectivity index (χ0n) is 11.4. The number of aromatic nitrogens is 1. The molecule has 22 heavy (non-hydrogen) atoms. The second-order valence-corrected chi connectivity index (χ2v) is 6.51. The van der Waals surface area contributed by atoms with Gasteiger partial charge in [-0.05, 0) is 18.9 Å². The number of rotatable bonds is 4. The predicted molar refractivity (Wildman–Crippen MR) is 72.1 cm³/mol. The molecule has 0 unspecified atom stereocenters. The Morgan fingerprint density at radius 3 is 2.68 bits per heavy atom. The summed E-state index contributed by atoms with van der Waals surface area (Å²) in [5.41, 5.74) is -5.21. The molecule has 0 aliphatic carbocycles. The van der Waals surface area contributed by atoms with Crippen LogP contribution >= 0.6 is 0 Å². The minimum Gasteiger partial charge on any atom is -0.338 e. The number of sulfonamides is 1. The average molecular weight is 337 g/mol. The van der Waals surface area contributed by atoms with E-state index < -0.39 is 21.3 Å². The third-order valence-electron chi connectivity index (χ3n) is 3.21. The van der Waals surface area contributed by atoms with Gasteiger partial charge in [0.2, 0.25) is 5.91 Å². The molecule has 1 amide bonds. The van der Waals surface area contributed by atoms with Gasteiger partial charge < -0.3 is 4.90 Å². The molecule has 0 radical (unpaired) electrons. The van der Waals surface area contributed by atoms with Crippen molar-refractivity contribution in [2.24, 2.45) is 0 Å². The summed E-state index contributed by atoms with van der Waals surface area (Å²) in [5, 5.41) is 0. The lowest BCUT2D eigenvalue weighted by atomic mass is 10.1. The number of carbonyl (C=O) groups is 1. The van der Waals surface area contributed by atoms with Crippen molar-refractivity contribution in [2.45, 2.75) is 31.3 Å². The number of halogens is 3. The molecule has 0 atom stereocenters. The fraction of sp³-hybridized carbons (Fsp3) is 0.500. The Labute approximate surface area is 125 Å². The van der Waals surface area contributed by atoms with Crippen LogP contribution in [0, 0.1) is 0 Å². The third kappa shape index (κ3) is 3.67. The van der Waals surface area contributed by atoms with Crippen molar-refractivity contribution >= 4 is 21.7 Å². The van der Waals surface area contributed by atoms with Crippen LogP contribution in [-0.4, -0.2) is 36.3 Å². The SMILES string of the molecule is O=C1CCCCN1Cc1cccnc1NS(=O)(=O)C(F)(F)F. The molecule has 1 aromatic rings. The van der Waals surface area contributed by atoms with Crippen molar-refractivity contribution < 1.29 is 26.4 Å². The van der Waals surface area contributed by atoms with E-state index in [0.717, 1.165) is 12.8 Å². The molecule has 0 saturated carbocycles. The standard InChI is InChI=1S/C12H14F3N3O3S/c13-12(14,15)22(20,21)17-11-9(4-3-6-16-11)8-18-7-2-1-5-10(18)19/h3-4,6H,1-2,5,7-8H2,(H,16,17). The maximum atomic E-state index is 12.4. The maximum absolute atomic E-state index is 12.4. The summed E-state index contributed by atoms with van der Waals surface area (Å²) in [6.07, 6.45) is 3.13. The highest BCUT2D eigenvalue weighted by Crippen LogP contribution is 2.26. The molecule has 2 rings (SSSR count). The number of pyridine rings is 1. The minimum atomic E-state index is -5.54. The van der Waals surface area contributed by atoms with Crippen molar-refractivity contribution in [1.29, 1.82) is 0 Å². The van der Waals surface area contributed by atoms with Crippen LogP contribution in [0.15, 0.2) is 18.3 Å². The van der Waals surface area contributed by atoms with Gasteiger partial charge in [0, 0.05) is 31.3 Å². The van der Waals surface area contributed by atoms with E-state index in [1.54, 1.807) is 0 Å². The zero-order valence-corrected chi connectivity index (χ0v) is 12.2. The third-order valence-corrected chi connectivity index (χ3v) is 4.28. The molecule has 6 nitrogen and oxygen atoms in total. The molecular formula is C12H14F3N3O3S. The lowest BCUT2D eigenvalue weighted by molar-refractivity contribution is -0.133. The van der Waals surface area contributed by atoms with Gasteiger partial charge >= 0.3 is 15.5 Å². The summed E-state index contributed by atoms with van der Waals surface area (Å²) in [6.45, 7) is 0.502. The summed E-state index contributed by atoms with van der Waals surface area (Å²) < 4.78 is 61.1. The van der Waals surface area contributed by atoms with Crippen LogP contribution in [-0.2, 0) is 21.4 Å². The molecule has 1 aromatic heterocycles. The minimum absolute atomic E-state index is 0.0163. The highest BCUT2D eigenvalue weighted by Gasteiger charge is 2.46. The number of amides is 1. The van der Waals surface area contributed by atoms with E-state index in [9.17, 15) is 26.4 Å². The first-order chi connectivity index (χ1) is 10.2. The number of nitrogens with zero attached hydrogens (tertiary/aromatic N) is 2. The number of piperidine rings is 1. The zero-order chi connectivity index (χ0) is 16.4. The fourth-order valence-electron chi connectivity index (χ4n) is 2.08. The van der Waals surface area contributed by atoms with E-state index in [1.165, 1.54) is 28.0 Å². The van der Waals surface area contributed by atoms with Gasteiger partial charge in [-0.1, -0.05) is 6.07 Å². The molecule has 0 aromatic carbocycles. The number of carbonyl (C=O) groups excluding carboxylic acids is 1. The second kappa shape index (κ2) is 6.11. The van der Waals surface area contributed by atoms with Crippen LogP contribution in [0.1, 0.15) is 24.8 Å². The Balaban J connectivity index is 2.22. The van der Waals surface area contributed by atoms with E-state index in [2.05, 4.69) is 4.98 Å². The smallest absolute Gasteiger partial charge is 0.338 e. The molecular weight excluding hydrogens is 323 g/mol. The van der Waals surface area contributed by atoms with Crippen LogP contribution in [0.25, 0.3) is 0 Å². The number of nitrogens with one attached hydrogen (secondary N) is 1. The summed E-state index contributed by atoms with van der Waals surface area (Å²) in [6, 6.07) is 2.90. The quantitative estimate of drug-likeness (QED) is 0.909. The number of likely N-dealkylation sites (tertiary alicyclic amines) is 1. The number of anilines is 1. The van der Waals surface area contributed by atoms with Gasteiger partial charge in [0.05, 0.1) is 0 Å². The molecule has 0 spiro atoms. The molecule has 1 saturated heterocycles. The Kier molecular flexibility index (Phi) is 4.59. The fourth-order valence-corrected chi connectivity index (χ4v) is 2.63. The monoisotopic (exact) mass is 337 g/mol. The highest BCUT2D eigenvalue weighted by molar-refractivity contribution is 7.93. The van der Waals surface area contributed by atoms with Gasteiger partial charge in [-0.25, -0.2) is 4.98 Å². The molecule has 1 aliphatic heterocycles. The number of hydrogen-bond acceptors (Lipinski definition) is 4. The second-order valence-electron chi connectivity index (χ2n) is 4.83. The van der Waals surface area contributed by atoms with Crippen LogP contribution in [0.5, 0.6) is 0 Å². The Bertz CT molecular complexity index is 661. The number of alkyl halides is 3. The van der Waals surface area contributed by atoms with E-state index in [0.29, 0.717) is 13.0 Å². The molecule has 1 aliphatic rings. The molecule has 1 fully saturated rings. The first-order valence-corrected chi connectivity index (χ1v) is 8.00. The van der Waals surface area contributed by atoms with Crippen molar-refractivity contribution in [3.8, 4) is 0 Å². The summed E-state index contributed by atoms with van der Waals surface area (Å²) in [5.74, 6) is -0.530. The lowest BCUT2D eigenvalue weighted by Gasteiger charge is -2.27. The van der Waals surface area contributed by atoms with Crippen LogP contribution in [0.2, 0.25) is 0 Å². The molecule has 10 heteroatoms. The number of hydrogen-bond donors (Lipinski definition) is 1. The van der Waals surface area contributed by atoms with E-state index in [-0.39, 0.29) is 18.0 Å². The summed E-state index contributed by atoms with van der Waals surface area (Å²) in [4.78, 5) is 16.9. The van der Waals surface area contributed by atoms with Gasteiger partial charge in [-0.3, -0.25) is 9.52 Å². The van der Waals surface area contributed by atoms with Gasteiger partial charge in [-0.15, -0.1) is 0 Å². The van der Waals surface area contributed by atoms with Gasteiger partial charge in [-0.2, -0.15) is 21.6 Å². The lowest BCUT2D eigenvalue weighted by Crippen LogP contribution is -2.35. The van der Waals surface area contributed by atoms with Gasteiger partial charge in [0.25, 0.3) is 0 Å². The largest absolute Gasteiger partial charge is 0.516 e. The molecule has 2 heterocycles. The van der Waals surface area contributed by atoms with Gasteiger partial charge in [0.1, 0.15) is 5.82 Å². The maximum Gasteiger partial charge on any atom is 0.516 e. The van der Waals surface area contributed by atoms with E-state index >= 15 is 0 Å². The van der Waals surface area contributed by atoms with Crippen LogP contribution in [0.3, 0.4) is 0 Å². The molecule has 122 valence electrons. The predicted octanol–water partition coefficient (Wildman–Crippen LogP) is 1.86. The average Bonchev–Trinajstić information content (AvgIpc) is 2.42. The van der Waals surface area contributed by atoms with Crippen molar-refractivity contribution in [1.82, 2.24) is 9.88 Å². The normalized spacial score (nSPS) is 16.7. The van der Waals surface area contributed by atoms with Crippen LogP contribution in [0.4, 0.5) is 19.0 Å². The topological polar surface area (TPSA) is 79.4 Å². The van der Waals surface area contributed by atoms with E-state index in [1.807, 2.05) is 0 Å². The van der Waals surface area contributed by atoms with Crippen LogP contribution < -0.4 is 4.72 Å². The Morgan fingerprint density at radius 1 is 1.32 bits per heavy atom. The molecule has 1 N–H and O–H groups in total. The van der Waals surface area contributed by atoms with Gasteiger partial charge in [0.15, 0.2) is 0 Å². The molecule has 0 bridgehead atoms. The Morgan fingerprint density at radius 2 is 2.05 bits per heavy atom. The summed E-state index contributed by atoms with van der Waals surface area (Å²) >= 11 is 0. The van der Waals surface area contributed by atoms with E-state index in [4.69, 9.17) is 0 Å². The first kappa shape index (κ1) is 16.5. The van der Waals surface area contributed by atoms with Crippen molar-refractivity contribution in [3.05, 3.63) is 23.9 Å².